The molecule has 1 aromatic carbocycles. The van der Waals surface area contributed by atoms with E-state index in [0.29, 0.717) is 0 Å². The van der Waals surface area contributed by atoms with Gasteiger partial charge in [0.15, 0.2) is 0 Å². The lowest BCUT2D eigenvalue weighted by molar-refractivity contribution is 0.0651. The van der Waals surface area contributed by atoms with Crippen LogP contribution in [0.1, 0.15) is 39.4 Å². The molecule has 0 aliphatic heterocycles. The van der Waals surface area contributed by atoms with E-state index in [1.54, 1.807) is 13.8 Å². The van der Waals surface area contributed by atoms with E-state index in [1.807, 2.05) is 18.2 Å². The van der Waals surface area contributed by atoms with Crippen LogP contribution >= 0.6 is 0 Å². The average molecular weight is 232 g/mol. The number of fused-ring (bicyclic) bond motifs is 1. The Morgan fingerprint density at radius 3 is 2.65 bits per heavy atom. The van der Waals surface area contributed by atoms with Crippen LogP contribution in [0.5, 0.6) is 0 Å². The van der Waals surface area contributed by atoms with Gasteiger partial charge in [-0.1, -0.05) is 25.5 Å². The number of benzene rings is 1. The van der Waals surface area contributed by atoms with Crippen LogP contribution < -0.4 is 0 Å². The zero-order valence-electron chi connectivity index (χ0n) is 10.8. The van der Waals surface area contributed by atoms with E-state index >= 15 is 0 Å². The minimum atomic E-state index is -0.896. The van der Waals surface area contributed by atoms with Gasteiger partial charge in [0.05, 0.1) is 11.0 Å². The zero-order valence-corrected chi connectivity index (χ0v) is 10.8. The summed E-state index contributed by atoms with van der Waals surface area (Å²) >= 11 is 0. The lowest BCUT2D eigenvalue weighted by atomic mass is 10.1. The molecule has 0 saturated heterocycles. The SMILES string of the molecule is CCCCn1c(C(C)(C)O)nc2ccccc21. The molecule has 0 unspecified atom stereocenters. The number of nitrogens with zero attached hydrogens (tertiary/aromatic N) is 2. The minimum Gasteiger partial charge on any atom is -0.383 e. The molecule has 0 spiro atoms. The molecule has 0 bridgehead atoms. The number of aliphatic hydroxyl groups is 1. The van der Waals surface area contributed by atoms with Crippen LogP contribution in [0.2, 0.25) is 0 Å². The van der Waals surface area contributed by atoms with E-state index in [9.17, 15) is 5.11 Å². The molecule has 1 heterocycles. The predicted octanol–water partition coefficient (Wildman–Crippen LogP) is 3.06. The van der Waals surface area contributed by atoms with E-state index < -0.39 is 5.60 Å². The molecule has 0 saturated carbocycles. The topological polar surface area (TPSA) is 38.0 Å². The number of para-hydroxylation sites is 2. The molecule has 3 nitrogen and oxygen atoms in total. The van der Waals surface area contributed by atoms with E-state index in [2.05, 4.69) is 22.5 Å². The van der Waals surface area contributed by atoms with Crippen molar-refractivity contribution in [3.8, 4) is 0 Å². The fraction of sp³-hybridized carbons (Fsp3) is 0.500. The van der Waals surface area contributed by atoms with Gasteiger partial charge in [0, 0.05) is 6.54 Å². The molecular formula is C14H20N2O. The summed E-state index contributed by atoms with van der Waals surface area (Å²) < 4.78 is 2.14. The van der Waals surface area contributed by atoms with Gasteiger partial charge in [0.1, 0.15) is 11.4 Å². The van der Waals surface area contributed by atoms with E-state index in [4.69, 9.17) is 0 Å². The van der Waals surface area contributed by atoms with Crippen molar-refractivity contribution in [1.82, 2.24) is 9.55 Å². The Hall–Kier alpha value is -1.35. The Balaban J connectivity index is 2.57. The first-order chi connectivity index (χ1) is 8.04. The van der Waals surface area contributed by atoms with Crippen molar-refractivity contribution in [1.29, 1.82) is 0 Å². The molecule has 0 aliphatic rings. The van der Waals surface area contributed by atoms with Gasteiger partial charge in [-0.2, -0.15) is 0 Å². The Morgan fingerprint density at radius 2 is 2.00 bits per heavy atom. The van der Waals surface area contributed by atoms with Crippen molar-refractivity contribution in [3.05, 3.63) is 30.1 Å². The van der Waals surface area contributed by atoms with Gasteiger partial charge in [-0.05, 0) is 32.4 Å². The van der Waals surface area contributed by atoms with Gasteiger partial charge >= 0.3 is 0 Å². The maximum atomic E-state index is 10.2. The van der Waals surface area contributed by atoms with Crippen molar-refractivity contribution < 1.29 is 5.11 Å². The Bertz CT molecular complexity index is 508. The normalized spacial score (nSPS) is 12.2. The lowest BCUT2D eigenvalue weighted by Gasteiger charge is -2.18. The lowest BCUT2D eigenvalue weighted by Crippen LogP contribution is -2.22. The van der Waals surface area contributed by atoms with Crippen LogP contribution in [0.25, 0.3) is 11.0 Å². The molecule has 1 N–H and O–H groups in total. The molecule has 0 amide bonds. The third-order valence-electron chi connectivity index (χ3n) is 2.94. The van der Waals surface area contributed by atoms with Crippen LogP contribution in [0, 0.1) is 0 Å². The molecule has 0 radical (unpaired) electrons. The summed E-state index contributed by atoms with van der Waals surface area (Å²) in [5.74, 6) is 0.757. The molecule has 17 heavy (non-hydrogen) atoms. The Morgan fingerprint density at radius 1 is 1.29 bits per heavy atom. The van der Waals surface area contributed by atoms with Crippen LogP contribution in [-0.2, 0) is 12.1 Å². The highest BCUT2D eigenvalue weighted by atomic mass is 16.3. The molecule has 3 heteroatoms. The maximum Gasteiger partial charge on any atom is 0.141 e. The summed E-state index contributed by atoms with van der Waals surface area (Å²) in [4.78, 5) is 4.55. The summed E-state index contributed by atoms with van der Waals surface area (Å²) in [5, 5.41) is 10.2. The standard InChI is InChI=1S/C14H20N2O/c1-4-5-10-16-12-9-7-6-8-11(12)15-13(16)14(2,3)17/h6-9,17H,4-5,10H2,1-3H3. The van der Waals surface area contributed by atoms with Crippen LogP contribution in [0.4, 0.5) is 0 Å². The maximum absolute atomic E-state index is 10.2. The fourth-order valence-corrected chi connectivity index (χ4v) is 2.09. The van der Waals surface area contributed by atoms with E-state index in [0.717, 1.165) is 36.2 Å². The molecule has 2 rings (SSSR count). The summed E-state index contributed by atoms with van der Waals surface area (Å²) in [6.45, 7) is 6.66. The highest BCUT2D eigenvalue weighted by Gasteiger charge is 2.24. The van der Waals surface area contributed by atoms with Crippen molar-refractivity contribution in [2.45, 2.75) is 45.8 Å². The number of aromatic nitrogens is 2. The summed E-state index contributed by atoms with van der Waals surface area (Å²) in [6.07, 6.45) is 2.24. The third kappa shape index (κ3) is 2.34. The van der Waals surface area contributed by atoms with Gasteiger partial charge in [-0.3, -0.25) is 0 Å². The van der Waals surface area contributed by atoms with Gasteiger partial charge < -0.3 is 9.67 Å². The van der Waals surface area contributed by atoms with Gasteiger partial charge in [-0.15, -0.1) is 0 Å². The molecule has 92 valence electrons. The molecule has 0 atom stereocenters. The number of hydrogen-bond acceptors (Lipinski definition) is 2. The van der Waals surface area contributed by atoms with E-state index in [1.165, 1.54) is 0 Å². The van der Waals surface area contributed by atoms with Crippen LogP contribution in [-0.4, -0.2) is 14.7 Å². The summed E-state index contributed by atoms with van der Waals surface area (Å²) in [7, 11) is 0. The largest absolute Gasteiger partial charge is 0.383 e. The van der Waals surface area contributed by atoms with Crippen molar-refractivity contribution in [2.24, 2.45) is 0 Å². The molecule has 0 aliphatic carbocycles. The number of hydrogen-bond donors (Lipinski definition) is 1. The summed E-state index contributed by atoms with van der Waals surface area (Å²) in [6, 6.07) is 8.05. The highest BCUT2D eigenvalue weighted by Crippen LogP contribution is 2.25. The molecular weight excluding hydrogens is 212 g/mol. The van der Waals surface area contributed by atoms with Crippen LogP contribution in [0.15, 0.2) is 24.3 Å². The van der Waals surface area contributed by atoms with Crippen molar-refractivity contribution in [2.75, 3.05) is 0 Å². The molecule has 0 fully saturated rings. The number of imidazole rings is 1. The van der Waals surface area contributed by atoms with E-state index in [-0.39, 0.29) is 0 Å². The van der Waals surface area contributed by atoms with Gasteiger partial charge in [0.2, 0.25) is 0 Å². The predicted molar refractivity (Wildman–Crippen MR) is 69.9 cm³/mol. The number of unbranched alkanes of at least 4 members (excludes halogenated alkanes) is 1. The second-order valence-corrected chi connectivity index (χ2v) is 4.99. The monoisotopic (exact) mass is 232 g/mol. The quantitative estimate of drug-likeness (QED) is 0.879. The summed E-state index contributed by atoms with van der Waals surface area (Å²) in [5.41, 5.74) is 1.17. The Kier molecular flexibility index (Phi) is 3.20. The molecule has 1 aromatic heterocycles. The van der Waals surface area contributed by atoms with Gasteiger partial charge in [-0.25, -0.2) is 4.98 Å². The van der Waals surface area contributed by atoms with Crippen LogP contribution in [0.3, 0.4) is 0 Å². The number of aryl methyl sites for hydroxylation is 1. The zero-order chi connectivity index (χ0) is 12.5. The van der Waals surface area contributed by atoms with Crippen molar-refractivity contribution >= 4 is 11.0 Å². The fourth-order valence-electron chi connectivity index (χ4n) is 2.09. The first-order valence-corrected chi connectivity index (χ1v) is 6.22. The molecule has 2 aromatic rings. The van der Waals surface area contributed by atoms with Gasteiger partial charge in [0.25, 0.3) is 0 Å². The average Bonchev–Trinajstić information content (AvgIpc) is 2.65. The highest BCUT2D eigenvalue weighted by molar-refractivity contribution is 5.76. The second kappa shape index (κ2) is 4.49. The Labute approximate surface area is 102 Å². The smallest absolute Gasteiger partial charge is 0.141 e. The number of rotatable bonds is 4. The minimum absolute atomic E-state index is 0.757. The second-order valence-electron chi connectivity index (χ2n) is 4.99. The third-order valence-corrected chi connectivity index (χ3v) is 2.94. The first-order valence-electron chi connectivity index (χ1n) is 6.22. The first kappa shape index (κ1) is 12.1. The van der Waals surface area contributed by atoms with Crippen molar-refractivity contribution in [3.63, 3.8) is 0 Å².